The van der Waals surface area contributed by atoms with Gasteiger partial charge in [0.25, 0.3) is 0 Å². The van der Waals surface area contributed by atoms with Gasteiger partial charge in [-0.1, -0.05) is 25.0 Å². The van der Waals surface area contributed by atoms with Crippen LogP contribution in [0.5, 0.6) is 5.75 Å². The molecule has 0 N–H and O–H groups in total. The van der Waals surface area contributed by atoms with Gasteiger partial charge in [0.2, 0.25) is 0 Å². The Morgan fingerprint density at radius 1 is 1.36 bits per heavy atom. The minimum Gasteiger partial charge on any atom is -0.383 e. The smallest absolute Gasteiger partial charge is 0.306 e. The van der Waals surface area contributed by atoms with Gasteiger partial charge in [-0.05, 0) is 61.4 Å². The molecule has 2 fully saturated rings. The second kappa shape index (κ2) is 6.13. The van der Waals surface area contributed by atoms with E-state index in [2.05, 4.69) is 17.5 Å². The van der Waals surface area contributed by atoms with Crippen molar-refractivity contribution in [1.82, 2.24) is 4.90 Å². The Bertz CT molecular complexity index is 788. The molecule has 1 heterocycles. The van der Waals surface area contributed by atoms with Crippen molar-refractivity contribution in [1.29, 1.82) is 0 Å². The van der Waals surface area contributed by atoms with Crippen LogP contribution >= 0.6 is 0 Å². The van der Waals surface area contributed by atoms with Gasteiger partial charge in [-0.25, -0.2) is 0 Å². The molecule has 0 radical (unpaired) electrons. The van der Waals surface area contributed by atoms with Gasteiger partial charge in [0.15, 0.2) is 0 Å². The number of rotatable bonds is 4. The number of benzene rings is 1. The Morgan fingerprint density at radius 3 is 2.96 bits per heavy atom. The highest BCUT2D eigenvalue weighted by molar-refractivity contribution is 7.86. The first-order valence-corrected chi connectivity index (χ1v) is 11.1. The maximum atomic E-state index is 11.5. The molecule has 4 nitrogen and oxygen atoms in total. The van der Waals surface area contributed by atoms with Crippen molar-refractivity contribution in [2.24, 2.45) is 5.92 Å². The van der Waals surface area contributed by atoms with Crippen molar-refractivity contribution in [3.05, 3.63) is 42.0 Å². The molecule has 0 unspecified atom stereocenters. The summed E-state index contributed by atoms with van der Waals surface area (Å²) in [4.78, 5) is 2.60. The van der Waals surface area contributed by atoms with E-state index in [-0.39, 0.29) is 5.41 Å². The summed E-state index contributed by atoms with van der Waals surface area (Å²) in [6, 6.07) is 6.51. The quantitative estimate of drug-likeness (QED) is 0.610. The van der Waals surface area contributed by atoms with Crippen LogP contribution < -0.4 is 4.18 Å². The molecule has 5 heteroatoms. The van der Waals surface area contributed by atoms with Gasteiger partial charge in [0.1, 0.15) is 5.75 Å². The average Bonchev–Trinajstić information content (AvgIpc) is 2.56. The van der Waals surface area contributed by atoms with Crippen molar-refractivity contribution >= 4 is 10.1 Å². The molecule has 1 saturated carbocycles. The molecule has 0 spiro atoms. The van der Waals surface area contributed by atoms with Gasteiger partial charge in [-0.3, -0.25) is 4.90 Å². The lowest BCUT2D eigenvalue weighted by atomic mass is 9.52. The predicted octanol–water partition coefficient (Wildman–Crippen LogP) is 3.27. The highest BCUT2D eigenvalue weighted by atomic mass is 32.2. The monoisotopic (exact) mass is 361 g/mol. The molecule has 2 bridgehead atoms. The zero-order valence-electron chi connectivity index (χ0n) is 14.9. The minimum absolute atomic E-state index is 0.199. The lowest BCUT2D eigenvalue weighted by Gasteiger charge is -2.59. The summed E-state index contributed by atoms with van der Waals surface area (Å²) in [7, 11) is -3.49. The van der Waals surface area contributed by atoms with Crippen molar-refractivity contribution in [3.63, 3.8) is 0 Å². The van der Waals surface area contributed by atoms with E-state index in [4.69, 9.17) is 4.18 Å². The number of hydrogen-bond acceptors (Lipinski definition) is 4. The third kappa shape index (κ3) is 2.91. The van der Waals surface area contributed by atoms with Crippen molar-refractivity contribution in [2.75, 3.05) is 19.3 Å². The Kier molecular flexibility index (Phi) is 4.19. The molecule has 3 atom stereocenters. The fourth-order valence-corrected chi connectivity index (χ4v) is 6.14. The summed E-state index contributed by atoms with van der Waals surface area (Å²) in [6.07, 6.45) is 10.4. The van der Waals surface area contributed by atoms with E-state index < -0.39 is 10.1 Å². The van der Waals surface area contributed by atoms with Gasteiger partial charge in [0.05, 0.1) is 6.26 Å². The summed E-state index contributed by atoms with van der Waals surface area (Å²) in [5, 5.41) is 0. The molecule has 2 aliphatic carbocycles. The maximum Gasteiger partial charge on any atom is 0.306 e. The normalized spacial score (nSPS) is 31.7. The van der Waals surface area contributed by atoms with Crippen molar-refractivity contribution < 1.29 is 12.6 Å². The van der Waals surface area contributed by atoms with Gasteiger partial charge < -0.3 is 4.18 Å². The second-order valence-corrected chi connectivity index (χ2v) is 9.49. The number of hydrogen-bond donors (Lipinski definition) is 0. The largest absolute Gasteiger partial charge is 0.383 e. The van der Waals surface area contributed by atoms with Crippen LogP contribution in [0.25, 0.3) is 0 Å². The molecule has 1 aromatic carbocycles. The first kappa shape index (κ1) is 17.1. The lowest BCUT2D eigenvalue weighted by Crippen LogP contribution is -2.60. The second-order valence-electron chi connectivity index (χ2n) is 7.92. The van der Waals surface area contributed by atoms with Crippen LogP contribution in [0.1, 0.15) is 43.2 Å². The Hall–Kier alpha value is -1.33. The van der Waals surface area contributed by atoms with Crippen molar-refractivity contribution in [3.8, 4) is 5.75 Å². The third-order valence-corrected chi connectivity index (χ3v) is 7.03. The Labute approximate surface area is 151 Å². The number of likely N-dealkylation sites (tertiary alicyclic amines) is 1. The van der Waals surface area contributed by atoms with E-state index in [0.29, 0.717) is 17.7 Å². The Balaban J connectivity index is 1.78. The zero-order chi connectivity index (χ0) is 17.7. The molecule has 25 heavy (non-hydrogen) atoms. The summed E-state index contributed by atoms with van der Waals surface area (Å²) in [6.45, 7) is 6.00. The highest BCUT2D eigenvalue weighted by Gasteiger charge is 2.53. The molecule has 1 saturated heterocycles. The standard InChI is InChI=1S/C20H27NO3S/c1-3-11-21-12-10-20-9-5-4-6-17(20)19(21)13-15-7-8-16(14-18(15)20)24-25(2,22)23/h3,7-8,14,17,19H,1,4-6,9-13H2,2H3/t17-,19+,20+/m0/s1. The first-order valence-electron chi connectivity index (χ1n) is 9.31. The van der Waals surface area contributed by atoms with Crippen LogP contribution in [0.15, 0.2) is 30.9 Å². The van der Waals surface area contributed by atoms with E-state index in [1.165, 1.54) is 36.8 Å². The fourth-order valence-electron chi connectivity index (χ4n) is 5.68. The topological polar surface area (TPSA) is 46.6 Å². The molecule has 136 valence electrons. The van der Waals surface area contributed by atoms with Gasteiger partial charge in [0, 0.05) is 18.0 Å². The molecular weight excluding hydrogens is 334 g/mol. The van der Waals surface area contributed by atoms with Crippen LogP contribution in [0.4, 0.5) is 0 Å². The summed E-state index contributed by atoms with van der Waals surface area (Å²) in [5.74, 6) is 1.13. The first-order chi connectivity index (χ1) is 11.9. The van der Waals surface area contributed by atoms with E-state index in [9.17, 15) is 8.42 Å². The highest BCUT2D eigenvalue weighted by Crippen LogP contribution is 2.56. The van der Waals surface area contributed by atoms with E-state index >= 15 is 0 Å². The van der Waals surface area contributed by atoms with Gasteiger partial charge in [-0.2, -0.15) is 8.42 Å². The fraction of sp³-hybridized carbons (Fsp3) is 0.600. The molecule has 1 aromatic rings. The number of nitrogens with zero attached hydrogens (tertiary/aromatic N) is 1. The van der Waals surface area contributed by atoms with E-state index in [1.54, 1.807) is 0 Å². The molecule has 1 aliphatic heterocycles. The molecule has 0 amide bonds. The SMILES string of the molecule is C=CCN1CC[C@]23CCCC[C@H]2[C@H]1Cc1ccc(OS(C)(=O)=O)cc13. The van der Waals surface area contributed by atoms with Crippen LogP contribution in [0.3, 0.4) is 0 Å². The Morgan fingerprint density at radius 2 is 2.20 bits per heavy atom. The minimum atomic E-state index is -3.49. The summed E-state index contributed by atoms with van der Waals surface area (Å²) in [5.41, 5.74) is 2.93. The molecular formula is C20H27NO3S. The van der Waals surface area contributed by atoms with Crippen LogP contribution in [-0.4, -0.2) is 38.7 Å². The van der Waals surface area contributed by atoms with E-state index in [0.717, 1.165) is 32.2 Å². The number of fused-ring (bicyclic) bond motifs is 1. The molecule has 3 aliphatic rings. The zero-order valence-corrected chi connectivity index (χ0v) is 15.7. The maximum absolute atomic E-state index is 11.5. The van der Waals surface area contributed by atoms with Crippen LogP contribution in [0, 0.1) is 5.92 Å². The van der Waals surface area contributed by atoms with Crippen molar-refractivity contribution in [2.45, 2.75) is 50.0 Å². The third-order valence-electron chi connectivity index (χ3n) is 6.53. The molecule has 4 rings (SSSR count). The summed E-state index contributed by atoms with van der Waals surface area (Å²) < 4.78 is 28.3. The predicted molar refractivity (Wildman–Crippen MR) is 99.4 cm³/mol. The molecule has 0 aromatic heterocycles. The van der Waals surface area contributed by atoms with Gasteiger partial charge >= 0.3 is 10.1 Å². The summed E-state index contributed by atoms with van der Waals surface area (Å²) >= 11 is 0. The van der Waals surface area contributed by atoms with Crippen LogP contribution in [0.2, 0.25) is 0 Å². The lowest BCUT2D eigenvalue weighted by molar-refractivity contribution is -0.00513. The van der Waals surface area contributed by atoms with E-state index in [1.807, 2.05) is 18.2 Å². The number of piperidine rings is 1. The van der Waals surface area contributed by atoms with Gasteiger partial charge in [-0.15, -0.1) is 6.58 Å². The average molecular weight is 362 g/mol. The van der Waals surface area contributed by atoms with Crippen LogP contribution in [-0.2, 0) is 22.0 Å².